The van der Waals surface area contributed by atoms with Crippen LogP contribution in [0.3, 0.4) is 0 Å². The molecule has 4 rings (SSSR count). The van der Waals surface area contributed by atoms with E-state index in [0.717, 1.165) is 30.1 Å². The first-order valence-electron chi connectivity index (χ1n) is 8.52. The van der Waals surface area contributed by atoms with Gasteiger partial charge in [0.25, 0.3) is 0 Å². The zero-order chi connectivity index (χ0) is 14.9. The maximum atomic E-state index is 2.99. The zero-order valence-electron chi connectivity index (χ0n) is 14.8. The van der Waals surface area contributed by atoms with Crippen molar-refractivity contribution in [3.63, 3.8) is 0 Å². The van der Waals surface area contributed by atoms with Gasteiger partial charge in [0, 0.05) is 0 Å². The SMILES string of the molecule is C1=CC2[CH-]C3CCCCC3C2C=C1.C[CH-]C.[C-]1=CC=CC1.[Cl-].[Cl-].[Zr+2]. The van der Waals surface area contributed by atoms with Gasteiger partial charge in [-0.25, -0.2) is 12.2 Å². The molecule has 0 radical (unpaired) electrons. The fraction of sp³-hybridized carbons (Fsp3) is 0.524. The van der Waals surface area contributed by atoms with Crippen molar-refractivity contribution in [3.05, 3.63) is 61.4 Å². The molecule has 2 fully saturated rings. The van der Waals surface area contributed by atoms with Crippen LogP contribution >= 0.6 is 0 Å². The monoisotopic (exact) mass is 441 g/mol. The minimum Gasteiger partial charge on any atom is -1.00 e. The molecule has 0 heterocycles. The van der Waals surface area contributed by atoms with Gasteiger partial charge in [-0.15, -0.1) is 18.4 Å². The molecular weight excluding hydrogens is 414 g/mol. The van der Waals surface area contributed by atoms with Gasteiger partial charge in [-0.3, -0.25) is 6.08 Å². The van der Waals surface area contributed by atoms with Gasteiger partial charge in [0.2, 0.25) is 0 Å². The molecule has 0 aromatic carbocycles. The van der Waals surface area contributed by atoms with Crippen LogP contribution in [0.2, 0.25) is 0 Å². The fourth-order valence-electron chi connectivity index (χ4n) is 3.79. The molecule has 4 atom stereocenters. The third-order valence-corrected chi connectivity index (χ3v) is 4.65. The fourth-order valence-corrected chi connectivity index (χ4v) is 3.79. The Bertz CT molecular complexity index is 402. The Morgan fingerprint density at radius 2 is 1.67 bits per heavy atom. The molecule has 0 amide bonds. The predicted molar refractivity (Wildman–Crippen MR) is 92.2 cm³/mol. The van der Waals surface area contributed by atoms with Crippen LogP contribution in [0.1, 0.15) is 46.0 Å². The summed E-state index contributed by atoms with van der Waals surface area (Å²) in [4.78, 5) is 0. The minimum atomic E-state index is 0. The van der Waals surface area contributed by atoms with Crippen molar-refractivity contribution in [2.24, 2.45) is 23.7 Å². The summed E-state index contributed by atoms with van der Waals surface area (Å²) in [6, 6.07) is 0. The Labute approximate surface area is 181 Å². The molecule has 134 valence electrons. The van der Waals surface area contributed by atoms with Crippen LogP contribution in [0.4, 0.5) is 0 Å². The van der Waals surface area contributed by atoms with E-state index in [1.54, 1.807) is 0 Å². The van der Waals surface area contributed by atoms with E-state index in [-0.39, 0.29) is 51.0 Å². The van der Waals surface area contributed by atoms with Crippen LogP contribution in [0.5, 0.6) is 0 Å². The number of allylic oxidation sites excluding steroid dienone is 8. The van der Waals surface area contributed by atoms with Gasteiger partial charge in [-0.2, -0.15) is 25.8 Å². The summed E-state index contributed by atoms with van der Waals surface area (Å²) < 4.78 is 0. The summed E-state index contributed by atoms with van der Waals surface area (Å²) in [7, 11) is 0. The Morgan fingerprint density at radius 1 is 1.00 bits per heavy atom. The first-order valence-corrected chi connectivity index (χ1v) is 8.52. The van der Waals surface area contributed by atoms with Crippen LogP contribution in [0.15, 0.2) is 42.5 Å². The number of hydrogen-bond acceptors (Lipinski definition) is 0. The van der Waals surface area contributed by atoms with Gasteiger partial charge in [-0.1, -0.05) is 49.8 Å². The quantitative estimate of drug-likeness (QED) is 0.459. The van der Waals surface area contributed by atoms with E-state index < -0.39 is 0 Å². The molecule has 2 saturated carbocycles. The summed E-state index contributed by atoms with van der Waals surface area (Å²) in [5.41, 5.74) is 0. The minimum absolute atomic E-state index is 0. The van der Waals surface area contributed by atoms with Crippen LogP contribution in [-0.4, -0.2) is 0 Å². The van der Waals surface area contributed by atoms with Crippen LogP contribution < -0.4 is 24.8 Å². The summed E-state index contributed by atoms with van der Waals surface area (Å²) >= 11 is 0. The van der Waals surface area contributed by atoms with E-state index in [0.29, 0.717) is 0 Å². The second-order valence-corrected chi connectivity index (χ2v) is 6.31. The second kappa shape index (κ2) is 15.7. The molecule has 0 spiro atoms. The normalized spacial score (nSPS) is 30.1. The molecule has 0 aromatic heterocycles. The van der Waals surface area contributed by atoms with E-state index in [2.05, 4.69) is 42.9 Å². The van der Waals surface area contributed by atoms with Crippen molar-refractivity contribution in [1.29, 1.82) is 0 Å². The molecule has 3 heteroatoms. The molecule has 0 aromatic rings. The third kappa shape index (κ3) is 8.20. The van der Waals surface area contributed by atoms with Crippen molar-refractivity contribution in [3.8, 4) is 0 Å². The molecule has 0 N–H and O–H groups in total. The molecule has 24 heavy (non-hydrogen) atoms. The Morgan fingerprint density at radius 3 is 2.25 bits per heavy atom. The van der Waals surface area contributed by atoms with Gasteiger partial charge in [0.05, 0.1) is 0 Å². The predicted octanol–water partition coefficient (Wildman–Crippen LogP) is -0.0892. The maximum absolute atomic E-state index is 2.99. The van der Waals surface area contributed by atoms with Gasteiger partial charge in [0.1, 0.15) is 0 Å². The summed E-state index contributed by atoms with van der Waals surface area (Å²) in [6.07, 6.45) is 29.8. The molecule has 4 aliphatic carbocycles. The van der Waals surface area contributed by atoms with Crippen LogP contribution in [0, 0.1) is 42.6 Å². The molecule has 0 saturated heterocycles. The smallest absolute Gasteiger partial charge is 1.00 e. The molecular formula is C21H29Cl2Zr-3. The maximum Gasteiger partial charge on any atom is 2.00 e. The number of halogens is 2. The molecule has 4 aliphatic rings. The molecule has 4 unspecified atom stereocenters. The summed E-state index contributed by atoms with van der Waals surface area (Å²) in [5.74, 6) is 3.56. The van der Waals surface area contributed by atoms with E-state index >= 15 is 0 Å². The largest absolute Gasteiger partial charge is 2.00 e. The van der Waals surface area contributed by atoms with Crippen LogP contribution in [0.25, 0.3) is 0 Å². The Balaban J connectivity index is 0. The van der Waals surface area contributed by atoms with E-state index in [4.69, 9.17) is 0 Å². The Kier molecular flexibility index (Phi) is 17.4. The van der Waals surface area contributed by atoms with Crippen molar-refractivity contribution < 1.29 is 51.0 Å². The average Bonchev–Trinajstić information content (AvgIpc) is 3.19. The molecule has 0 bridgehead atoms. The molecule has 0 aliphatic heterocycles. The van der Waals surface area contributed by atoms with Gasteiger partial charge in [-0.05, 0) is 5.92 Å². The third-order valence-electron chi connectivity index (χ3n) is 4.65. The first-order chi connectivity index (χ1) is 10.4. The van der Waals surface area contributed by atoms with Crippen molar-refractivity contribution >= 4 is 0 Å². The second-order valence-electron chi connectivity index (χ2n) is 6.31. The van der Waals surface area contributed by atoms with E-state index in [9.17, 15) is 0 Å². The standard InChI is InChI=1S/C13H17.C5H5.C3H7.2ClH.Zr/c1-3-7-12-10(5-1)9-11-6-2-4-8-13(11)12;1-2-4-5-3-1;1-3-2;;;/h1,3,5,7,9-13H,2,4,6,8H2;1-3H,4H2;3H,1-2H3;2*1H;/q3*-1;;;+2/p-2. The average molecular weight is 444 g/mol. The van der Waals surface area contributed by atoms with E-state index in [1.807, 2.05) is 32.4 Å². The summed E-state index contributed by atoms with van der Waals surface area (Å²) in [6.45, 7) is 4.00. The van der Waals surface area contributed by atoms with E-state index in [1.165, 1.54) is 25.7 Å². The number of rotatable bonds is 0. The number of fused-ring (bicyclic) bond motifs is 3. The first kappa shape index (κ1) is 26.7. The zero-order valence-corrected chi connectivity index (χ0v) is 18.8. The van der Waals surface area contributed by atoms with Crippen molar-refractivity contribution in [2.75, 3.05) is 0 Å². The topological polar surface area (TPSA) is 0 Å². The molecule has 0 nitrogen and oxygen atoms in total. The van der Waals surface area contributed by atoms with Gasteiger partial charge < -0.3 is 37.7 Å². The number of hydrogen-bond donors (Lipinski definition) is 0. The van der Waals surface area contributed by atoms with Crippen molar-refractivity contribution in [2.45, 2.75) is 46.0 Å². The van der Waals surface area contributed by atoms with Crippen molar-refractivity contribution in [1.82, 2.24) is 0 Å². The van der Waals surface area contributed by atoms with Gasteiger partial charge >= 0.3 is 26.2 Å². The van der Waals surface area contributed by atoms with Gasteiger partial charge in [0.15, 0.2) is 0 Å². The summed E-state index contributed by atoms with van der Waals surface area (Å²) in [5, 5.41) is 0. The van der Waals surface area contributed by atoms with Crippen LogP contribution in [-0.2, 0) is 26.2 Å². The Hall–Kier alpha value is 0.423.